The number of hydrogen-bond donors (Lipinski definition) is 0. The topological polar surface area (TPSA) is 39.3 Å². The Morgan fingerprint density at radius 2 is 2.10 bits per heavy atom. The van der Waals surface area contributed by atoms with Crippen LogP contribution < -0.4 is 0 Å². The minimum atomic E-state index is 0.209. The highest BCUT2D eigenvalue weighted by Crippen LogP contribution is 2.10. The molecule has 20 heavy (non-hydrogen) atoms. The van der Waals surface area contributed by atoms with Gasteiger partial charge in [0.15, 0.2) is 5.78 Å². The molecule has 0 amide bonds. The third-order valence-corrected chi connectivity index (χ3v) is 3.31. The van der Waals surface area contributed by atoms with Crippen molar-refractivity contribution in [3.05, 3.63) is 60.3 Å². The predicted molar refractivity (Wildman–Crippen MR) is 78.0 cm³/mol. The van der Waals surface area contributed by atoms with Gasteiger partial charge in [-0.05, 0) is 24.6 Å². The number of rotatable bonds is 5. The summed E-state index contributed by atoms with van der Waals surface area (Å²) in [6, 6.07) is 7.82. The Balaban J connectivity index is 1.79. The molecule has 3 rings (SSSR count). The van der Waals surface area contributed by atoms with Crippen molar-refractivity contribution in [1.29, 1.82) is 0 Å². The van der Waals surface area contributed by atoms with Gasteiger partial charge < -0.3 is 8.97 Å². The van der Waals surface area contributed by atoms with E-state index in [9.17, 15) is 4.79 Å². The van der Waals surface area contributed by atoms with Crippen molar-refractivity contribution in [1.82, 2.24) is 14.0 Å². The molecule has 3 heterocycles. The summed E-state index contributed by atoms with van der Waals surface area (Å²) in [6.45, 7) is 2.70. The third-order valence-electron chi connectivity index (χ3n) is 3.31. The Morgan fingerprint density at radius 1 is 1.20 bits per heavy atom. The fourth-order valence-electron chi connectivity index (χ4n) is 2.33. The Morgan fingerprint density at radius 3 is 2.90 bits per heavy atom. The van der Waals surface area contributed by atoms with Crippen molar-refractivity contribution in [3.8, 4) is 0 Å². The van der Waals surface area contributed by atoms with Crippen molar-refractivity contribution in [3.63, 3.8) is 0 Å². The Kier molecular flexibility index (Phi) is 3.37. The maximum Gasteiger partial charge on any atom is 0.164 e. The Bertz CT molecular complexity index is 706. The van der Waals surface area contributed by atoms with Gasteiger partial charge in [0.05, 0.1) is 12.2 Å². The number of imidazole rings is 1. The van der Waals surface area contributed by atoms with Gasteiger partial charge in [-0.25, -0.2) is 4.98 Å². The number of fused-ring (bicyclic) bond motifs is 1. The number of nitrogens with zero attached hydrogens (tertiary/aromatic N) is 3. The van der Waals surface area contributed by atoms with E-state index in [2.05, 4.69) is 4.98 Å². The Hall–Kier alpha value is -2.36. The summed E-state index contributed by atoms with van der Waals surface area (Å²) in [6.07, 6.45) is 9.34. The third kappa shape index (κ3) is 2.50. The molecule has 3 aromatic rings. The van der Waals surface area contributed by atoms with Crippen molar-refractivity contribution >= 4 is 11.4 Å². The molecular weight excluding hydrogens is 250 g/mol. The summed E-state index contributed by atoms with van der Waals surface area (Å²) >= 11 is 0. The highest BCUT2D eigenvalue weighted by atomic mass is 16.1. The maximum absolute atomic E-state index is 11.8. The van der Waals surface area contributed by atoms with E-state index in [-0.39, 0.29) is 5.78 Å². The lowest BCUT2D eigenvalue weighted by Gasteiger charge is -1.98. The highest BCUT2D eigenvalue weighted by Gasteiger charge is 2.07. The quantitative estimate of drug-likeness (QED) is 0.666. The molecule has 0 aromatic carbocycles. The summed E-state index contributed by atoms with van der Waals surface area (Å²) in [5.74, 6) is 0.209. The predicted octanol–water partition coefficient (Wildman–Crippen LogP) is 3.17. The van der Waals surface area contributed by atoms with Crippen LogP contribution in [0.4, 0.5) is 0 Å². The molecule has 0 atom stereocenters. The van der Waals surface area contributed by atoms with Crippen LogP contribution in [0.15, 0.2) is 49.1 Å². The van der Waals surface area contributed by atoms with Crippen molar-refractivity contribution in [2.45, 2.75) is 26.3 Å². The average Bonchev–Trinajstić information content (AvgIpc) is 3.05. The molecule has 0 aliphatic rings. The zero-order valence-corrected chi connectivity index (χ0v) is 11.5. The lowest BCUT2D eigenvalue weighted by molar-refractivity contribution is 0.0981. The van der Waals surface area contributed by atoms with Gasteiger partial charge in [-0.2, -0.15) is 0 Å². The van der Waals surface area contributed by atoms with Gasteiger partial charge in [-0.1, -0.05) is 13.0 Å². The zero-order valence-electron chi connectivity index (χ0n) is 11.5. The molecule has 0 saturated carbocycles. The summed E-state index contributed by atoms with van der Waals surface area (Å²) < 4.78 is 4.01. The minimum absolute atomic E-state index is 0.209. The average molecular weight is 267 g/mol. The lowest BCUT2D eigenvalue weighted by atomic mass is 10.1. The molecule has 0 aliphatic carbocycles. The zero-order chi connectivity index (χ0) is 13.9. The first-order chi connectivity index (χ1) is 9.76. The number of hydrogen-bond acceptors (Lipinski definition) is 2. The molecule has 4 heteroatoms. The van der Waals surface area contributed by atoms with Crippen LogP contribution in [0.3, 0.4) is 0 Å². The lowest BCUT2D eigenvalue weighted by Crippen LogP contribution is -1.99. The second-order valence-corrected chi connectivity index (χ2v) is 4.94. The summed E-state index contributed by atoms with van der Waals surface area (Å²) in [4.78, 5) is 16.4. The number of carbonyl (C=O) groups is 1. The molecule has 0 radical (unpaired) electrons. The highest BCUT2D eigenvalue weighted by molar-refractivity contribution is 5.95. The van der Waals surface area contributed by atoms with Gasteiger partial charge in [0.2, 0.25) is 0 Å². The van der Waals surface area contributed by atoms with Gasteiger partial charge in [0.25, 0.3) is 0 Å². The van der Waals surface area contributed by atoms with Crippen molar-refractivity contribution in [2.24, 2.45) is 0 Å². The van der Waals surface area contributed by atoms with E-state index in [4.69, 9.17) is 0 Å². The van der Waals surface area contributed by atoms with Gasteiger partial charge in [-0.3, -0.25) is 4.79 Å². The van der Waals surface area contributed by atoms with Gasteiger partial charge in [-0.15, -0.1) is 0 Å². The van der Waals surface area contributed by atoms with Gasteiger partial charge in [0, 0.05) is 36.8 Å². The molecule has 0 fully saturated rings. The van der Waals surface area contributed by atoms with Crippen LogP contribution in [0.1, 0.15) is 35.8 Å². The van der Waals surface area contributed by atoms with E-state index < -0.39 is 0 Å². The molecule has 0 spiro atoms. The number of ketones is 1. The van der Waals surface area contributed by atoms with E-state index in [0.29, 0.717) is 13.0 Å². The second kappa shape index (κ2) is 5.33. The number of aromatic nitrogens is 3. The molecule has 0 saturated heterocycles. The fraction of sp³-hybridized carbons (Fsp3) is 0.250. The van der Waals surface area contributed by atoms with E-state index >= 15 is 0 Å². The molecule has 102 valence electrons. The molecular formula is C16H17N3O. The van der Waals surface area contributed by atoms with Crippen LogP contribution in [0.2, 0.25) is 0 Å². The summed E-state index contributed by atoms with van der Waals surface area (Å²) in [7, 11) is 0. The fourth-order valence-corrected chi connectivity index (χ4v) is 2.33. The van der Waals surface area contributed by atoms with Crippen LogP contribution in [0.5, 0.6) is 0 Å². The standard InChI is InChI=1S/C16H17N3O/c1-2-5-15(20)13-7-9-18(10-13)11-14-12-19-8-4-3-6-16(19)17-14/h3-4,6-10,12H,2,5,11H2,1H3. The van der Waals surface area contributed by atoms with E-state index in [1.165, 1.54) is 0 Å². The summed E-state index contributed by atoms with van der Waals surface area (Å²) in [5, 5.41) is 0. The molecule has 4 nitrogen and oxygen atoms in total. The van der Waals surface area contributed by atoms with Crippen molar-refractivity contribution < 1.29 is 4.79 Å². The summed E-state index contributed by atoms with van der Waals surface area (Å²) in [5.41, 5.74) is 2.72. The molecule has 0 aliphatic heterocycles. The first kappa shape index (κ1) is 12.7. The van der Waals surface area contributed by atoms with Crippen LogP contribution in [-0.2, 0) is 6.54 Å². The maximum atomic E-state index is 11.8. The number of Topliss-reactive ketones (excluding diaryl/α,β-unsaturated/α-hetero) is 1. The largest absolute Gasteiger partial charge is 0.348 e. The van der Waals surface area contributed by atoms with E-state index in [1.54, 1.807) is 0 Å². The first-order valence-corrected chi connectivity index (χ1v) is 6.88. The molecule has 0 N–H and O–H groups in total. The first-order valence-electron chi connectivity index (χ1n) is 6.88. The normalized spacial score (nSPS) is 11.1. The SMILES string of the molecule is CCCC(=O)c1ccn(Cc2cn3ccccc3n2)c1. The van der Waals surface area contributed by atoms with Crippen LogP contribution in [0.25, 0.3) is 5.65 Å². The van der Waals surface area contributed by atoms with Crippen molar-refractivity contribution in [2.75, 3.05) is 0 Å². The monoisotopic (exact) mass is 267 g/mol. The van der Waals surface area contributed by atoms with Crippen LogP contribution >= 0.6 is 0 Å². The van der Waals surface area contributed by atoms with Gasteiger partial charge in [0.1, 0.15) is 5.65 Å². The van der Waals surface area contributed by atoms with Crippen LogP contribution in [0, 0.1) is 0 Å². The Labute approximate surface area is 117 Å². The van der Waals surface area contributed by atoms with Gasteiger partial charge >= 0.3 is 0 Å². The molecule has 3 aromatic heterocycles. The number of pyridine rings is 1. The minimum Gasteiger partial charge on any atom is -0.348 e. The molecule has 0 bridgehead atoms. The second-order valence-electron chi connectivity index (χ2n) is 4.94. The molecule has 0 unspecified atom stereocenters. The van der Waals surface area contributed by atoms with E-state index in [1.807, 2.05) is 64.9 Å². The van der Waals surface area contributed by atoms with Crippen LogP contribution in [-0.4, -0.2) is 19.7 Å². The number of carbonyl (C=O) groups excluding carboxylic acids is 1. The van der Waals surface area contributed by atoms with E-state index in [0.717, 1.165) is 23.3 Å². The smallest absolute Gasteiger partial charge is 0.164 e.